The summed E-state index contributed by atoms with van der Waals surface area (Å²) in [6.07, 6.45) is 5.51. The van der Waals surface area contributed by atoms with E-state index in [1.165, 1.54) is 12.8 Å². The smallest absolute Gasteiger partial charge is 0.345 e. The van der Waals surface area contributed by atoms with E-state index in [9.17, 15) is 4.79 Å². The van der Waals surface area contributed by atoms with Crippen molar-refractivity contribution in [1.82, 2.24) is 0 Å². The van der Waals surface area contributed by atoms with E-state index in [0.29, 0.717) is 11.1 Å². The molecule has 1 heterocycles. The maximum absolute atomic E-state index is 11.1. The molecule has 1 aliphatic heterocycles. The summed E-state index contributed by atoms with van der Waals surface area (Å²) in [5.74, 6) is -0.219. The molecule has 0 bridgehead atoms. The van der Waals surface area contributed by atoms with E-state index in [2.05, 4.69) is 36.7 Å². The van der Waals surface area contributed by atoms with Crippen molar-refractivity contribution < 1.29 is 14.3 Å². The first-order valence-corrected chi connectivity index (χ1v) is 7.38. The molecule has 0 aliphatic carbocycles. The molecule has 0 saturated carbocycles. The van der Waals surface area contributed by atoms with Gasteiger partial charge in [-0.15, -0.1) is 0 Å². The Kier molecular flexibility index (Phi) is 6.36. The Morgan fingerprint density at radius 1 is 1.22 bits per heavy atom. The van der Waals surface area contributed by atoms with Gasteiger partial charge < -0.3 is 9.47 Å². The van der Waals surface area contributed by atoms with Gasteiger partial charge in [-0.3, -0.25) is 0 Å². The molecule has 104 valence electrons. The van der Waals surface area contributed by atoms with E-state index in [1.807, 2.05) is 0 Å². The summed E-state index contributed by atoms with van der Waals surface area (Å²) in [7, 11) is 0. The fourth-order valence-corrected chi connectivity index (χ4v) is 2.21. The highest BCUT2D eigenvalue weighted by atomic mass is 79.9. The predicted octanol–water partition coefficient (Wildman–Crippen LogP) is 3.96. The lowest BCUT2D eigenvalue weighted by molar-refractivity contribution is -0.135. The molecule has 0 saturated heterocycles. The molecule has 18 heavy (non-hydrogen) atoms. The highest BCUT2D eigenvalue weighted by Gasteiger charge is 2.21. The summed E-state index contributed by atoms with van der Waals surface area (Å²) >= 11 is 3.27. The van der Waals surface area contributed by atoms with Gasteiger partial charge >= 0.3 is 5.97 Å². The van der Waals surface area contributed by atoms with Crippen molar-refractivity contribution in [2.24, 2.45) is 0 Å². The van der Waals surface area contributed by atoms with Gasteiger partial charge in [0.25, 0.3) is 0 Å². The van der Waals surface area contributed by atoms with Gasteiger partial charge in [-0.05, 0) is 61.5 Å². The molecule has 0 amide bonds. The van der Waals surface area contributed by atoms with E-state index in [4.69, 9.17) is 9.47 Å². The lowest BCUT2D eigenvalue weighted by atomic mass is 10.1. The minimum absolute atomic E-state index is 0.0305. The van der Waals surface area contributed by atoms with E-state index < -0.39 is 0 Å². The Morgan fingerprint density at radius 3 is 2.44 bits per heavy atom. The van der Waals surface area contributed by atoms with Crippen LogP contribution in [0.5, 0.6) is 0 Å². The lowest BCUT2D eigenvalue weighted by Crippen LogP contribution is -2.19. The minimum atomic E-state index is -0.219. The number of unbranched alkanes of at least 4 members (excludes halogenated alkanes) is 3. The predicted molar refractivity (Wildman–Crippen MR) is 75.7 cm³/mol. The zero-order valence-electron chi connectivity index (χ0n) is 11.6. The third-order valence-corrected chi connectivity index (χ3v) is 3.66. The summed E-state index contributed by atoms with van der Waals surface area (Å²) in [6.45, 7) is 7.53. The average molecular weight is 319 g/mol. The normalized spacial score (nSPS) is 16.3. The fraction of sp³-hybridized carbons (Fsp3) is 0.786. The summed E-state index contributed by atoms with van der Waals surface area (Å²) < 4.78 is 11.2. The number of esters is 1. The van der Waals surface area contributed by atoms with Crippen molar-refractivity contribution in [3.8, 4) is 0 Å². The number of rotatable bonds is 7. The third-order valence-electron chi connectivity index (χ3n) is 2.78. The van der Waals surface area contributed by atoms with E-state index in [-0.39, 0.29) is 11.6 Å². The zero-order chi connectivity index (χ0) is 13.6. The third kappa shape index (κ3) is 6.01. The van der Waals surface area contributed by atoms with Gasteiger partial charge in [-0.25, -0.2) is 4.79 Å². The first-order chi connectivity index (χ1) is 8.40. The minimum Gasteiger partial charge on any atom is -0.457 e. The Hall–Kier alpha value is -0.350. The molecular formula is C14H23BrO3. The molecular weight excluding hydrogens is 296 g/mol. The van der Waals surface area contributed by atoms with Gasteiger partial charge in [-0.2, -0.15) is 0 Å². The fourth-order valence-electron chi connectivity index (χ4n) is 1.78. The number of ether oxygens (including phenoxy) is 2. The number of carbonyl (C=O) groups excluding carboxylic acids is 1. The Bertz CT molecular complexity index is 315. The molecule has 0 spiro atoms. The molecule has 0 N–H and O–H groups in total. The molecule has 3 nitrogen and oxygen atoms in total. The Balaban J connectivity index is 2.01. The second-order valence-electron chi connectivity index (χ2n) is 5.62. The number of cyclic esters (lactones) is 1. The first-order valence-electron chi connectivity index (χ1n) is 6.59. The quantitative estimate of drug-likeness (QED) is 0.526. The van der Waals surface area contributed by atoms with Crippen molar-refractivity contribution in [3.63, 3.8) is 0 Å². The molecule has 1 rings (SSSR count). The summed E-state index contributed by atoms with van der Waals surface area (Å²) in [5.41, 5.74) is 1.07. The molecule has 4 heteroatoms. The van der Waals surface area contributed by atoms with Crippen molar-refractivity contribution in [1.29, 1.82) is 0 Å². The SMILES string of the molecule is CC(C)(C)OCCCCCCC1=C(Br)C(=O)OC1. The molecule has 0 aromatic carbocycles. The number of carbonyl (C=O) groups is 1. The summed E-state index contributed by atoms with van der Waals surface area (Å²) in [6, 6.07) is 0. The average Bonchev–Trinajstić information content (AvgIpc) is 2.58. The van der Waals surface area contributed by atoms with Crippen LogP contribution in [0.1, 0.15) is 52.9 Å². The highest BCUT2D eigenvalue weighted by molar-refractivity contribution is 9.12. The van der Waals surface area contributed by atoms with Crippen LogP contribution in [-0.2, 0) is 14.3 Å². The molecule has 0 fully saturated rings. The van der Waals surface area contributed by atoms with Crippen molar-refractivity contribution in [2.75, 3.05) is 13.2 Å². The molecule has 1 aliphatic rings. The van der Waals surface area contributed by atoms with Crippen LogP contribution in [0.15, 0.2) is 10.1 Å². The van der Waals surface area contributed by atoms with Gasteiger partial charge in [0, 0.05) is 6.61 Å². The number of halogens is 1. The molecule has 0 radical (unpaired) electrons. The second-order valence-corrected chi connectivity index (χ2v) is 6.41. The van der Waals surface area contributed by atoms with Crippen LogP contribution in [0.2, 0.25) is 0 Å². The van der Waals surface area contributed by atoms with Crippen molar-refractivity contribution >= 4 is 21.9 Å². The van der Waals surface area contributed by atoms with Gasteiger partial charge in [0.2, 0.25) is 0 Å². The van der Waals surface area contributed by atoms with E-state index >= 15 is 0 Å². The number of hydrogen-bond donors (Lipinski definition) is 0. The molecule has 0 aromatic rings. The standard InChI is InChI=1S/C14H23BrO3/c1-14(2,3)18-9-7-5-4-6-8-11-10-17-13(16)12(11)15/h4-10H2,1-3H3. The van der Waals surface area contributed by atoms with Crippen LogP contribution in [0, 0.1) is 0 Å². The van der Waals surface area contributed by atoms with Gasteiger partial charge in [0.15, 0.2) is 0 Å². The monoisotopic (exact) mass is 318 g/mol. The summed E-state index contributed by atoms with van der Waals surface area (Å²) in [5, 5.41) is 0. The summed E-state index contributed by atoms with van der Waals surface area (Å²) in [4.78, 5) is 11.1. The largest absolute Gasteiger partial charge is 0.457 e. The van der Waals surface area contributed by atoms with Gasteiger partial charge in [-0.1, -0.05) is 12.8 Å². The van der Waals surface area contributed by atoms with Crippen molar-refractivity contribution in [3.05, 3.63) is 10.1 Å². The van der Waals surface area contributed by atoms with E-state index in [1.54, 1.807) is 0 Å². The Morgan fingerprint density at radius 2 is 1.89 bits per heavy atom. The molecule has 0 atom stereocenters. The topological polar surface area (TPSA) is 35.5 Å². The molecule has 0 unspecified atom stereocenters. The first kappa shape index (κ1) is 15.7. The Labute approximate surface area is 118 Å². The number of hydrogen-bond acceptors (Lipinski definition) is 3. The second kappa shape index (κ2) is 7.29. The van der Waals surface area contributed by atoms with Crippen LogP contribution in [0.4, 0.5) is 0 Å². The van der Waals surface area contributed by atoms with Gasteiger partial charge in [0.05, 0.1) is 5.60 Å². The maximum atomic E-state index is 11.1. The molecule has 0 aromatic heterocycles. The van der Waals surface area contributed by atoms with Crippen LogP contribution in [0.25, 0.3) is 0 Å². The van der Waals surface area contributed by atoms with Gasteiger partial charge in [0.1, 0.15) is 11.1 Å². The maximum Gasteiger partial charge on any atom is 0.345 e. The van der Waals surface area contributed by atoms with Crippen LogP contribution in [0.3, 0.4) is 0 Å². The highest BCUT2D eigenvalue weighted by Crippen LogP contribution is 2.25. The van der Waals surface area contributed by atoms with Crippen molar-refractivity contribution in [2.45, 2.75) is 58.5 Å². The lowest BCUT2D eigenvalue weighted by Gasteiger charge is -2.19. The van der Waals surface area contributed by atoms with Crippen LogP contribution >= 0.6 is 15.9 Å². The van der Waals surface area contributed by atoms with Crippen LogP contribution in [-0.4, -0.2) is 24.8 Å². The zero-order valence-corrected chi connectivity index (χ0v) is 13.1. The van der Waals surface area contributed by atoms with E-state index in [0.717, 1.165) is 31.4 Å². The van der Waals surface area contributed by atoms with Crippen LogP contribution < -0.4 is 0 Å².